The zero-order valence-electron chi connectivity index (χ0n) is 5.53. The first-order valence-corrected chi connectivity index (χ1v) is 6.09. The van der Waals surface area contributed by atoms with Crippen LogP contribution in [0.25, 0.3) is 0 Å². The first-order chi connectivity index (χ1) is 4.97. The Balaban J connectivity index is 2.46. The molecule has 0 radical (unpaired) electrons. The Kier molecular flexibility index (Phi) is 1.54. The van der Waals surface area contributed by atoms with Gasteiger partial charge in [-0.3, -0.25) is 0 Å². The van der Waals surface area contributed by atoms with Gasteiger partial charge in [0.25, 0.3) is 0 Å². The summed E-state index contributed by atoms with van der Waals surface area (Å²) in [5, 5.41) is 0. The molecule has 10 heavy (non-hydrogen) atoms. The number of rotatable bonds is 0. The topological polar surface area (TPSA) is 0 Å². The van der Waals surface area contributed by atoms with Gasteiger partial charge in [-0.25, -0.2) is 0 Å². The van der Waals surface area contributed by atoms with Crippen molar-refractivity contribution in [2.45, 2.75) is 0 Å². The molecule has 0 N–H and O–H groups in total. The van der Waals surface area contributed by atoms with E-state index in [0.717, 1.165) is 0 Å². The summed E-state index contributed by atoms with van der Waals surface area (Å²) in [6.07, 6.45) is 12.9. The molecule has 0 atom stereocenters. The number of hydrogen-bond donors (Lipinski definition) is 0. The number of hydrogen-bond acceptors (Lipinski definition) is 0. The standard InChI is InChI=1S/C9H8Se/c1-2-6-9(5-1)10-7-3-4-8-10/h1-8H. The quantitative estimate of drug-likeness (QED) is 0.514. The second kappa shape index (κ2) is 2.53. The van der Waals surface area contributed by atoms with Crippen molar-refractivity contribution >= 4 is 17.9 Å². The van der Waals surface area contributed by atoms with Gasteiger partial charge in [0.15, 0.2) is 0 Å². The van der Waals surface area contributed by atoms with Crippen molar-refractivity contribution in [3.8, 4) is 0 Å². The van der Waals surface area contributed by atoms with Crippen LogP contribution in [0.15, 0.2) is 46.4 Å². The summed E-state index contributed by atoms with van der Waals surface area (Å²) in [6, 6.07) is 0. The summed E-state index contributed by atoms with van der Waals surface area (Å²) >= 11 is -0.623. The molecule has 0 fully saturated rings. The van der Waals surface area contributed by atoms with E-state index in [1.807, 2.05) is 0 Å². The van der Waals surface area contributed by atoms with Gasteiger partial charge in [-0.1, -0.05) is 0 Å². The van der Waals surface area contributed by atoms with Crippen LogP contribution in [-0.4, -0.2) is 17.9 Å². The summed E-state index contributed by atoms with van der Waals surface area (Å²) in [5.74, 6) is 0. The Bertz CT molecular complexity index is 230. The predicted octanol–water partition coefficient (Wildman–Crippen LogP) is 1.57. The zero-order chi connectivity index (χ0) is 6.81. The van der Waals surface area contributed by atoms with E-state index in [0.29, 0.717) is 0 Å². The van der Waals surface area contributed by atoms with Crippen molar-refractivity contribution in [1.82, 2.24) is 0 Å². The average Bonchev–Trinajstić information content (AvgIpc) is 2.59. The molecule has 0 unspecified atom stereocenters. The van der Waals surface area contributed by atoms with E-state index < -0.39 is 13.5 Å². The van der Waals surface area contributed by atoms with Crippen LogP contribution in [0.3, 0.4) is 0 Å². The fourth-order valence-corrected chi connectivity index (χ4v) is 3.91. The molecular formula is C9H8Se. The normalized spacial score (nSPS) is 21.8. The van der Waals surface area contributed by atoms with Gasteiger partial charge in [0.05, 0.1) is 0 Å². The summed E-state index contributed by atoms with van der Waals surface area (Å²) in [5.41, 5.74) is 0. The second-order valence-corrected chi connectivity index (χ2v) is 5.84. The molecule has 0 aromatic heterocycles. The molecule has 2 rings (SSSR count). The molecule has 0 aromatic rings. The minimum atomic E-state index is -0.623. The fourth-order valence-electron chi connectivity index (χ4n) is 0.976. The molecule has 1 heterocycles. The monoisotopic (exact) mass is 196 g/mol. The third-order valence-corrected chi connectivity index (χ3v) is 5.07. The predicted molar refractivity (Wildman–Crippen MR) is 47.3 cm³/mol. The van der Waals surface area contributed by atoms with Gasteiger partial charge in [0.2, 0.25) is 0 Å². The molecular weight excluding hydrogens is 187 g/mol. The van der Waals surface area contributed by atoms with E-state index in [1.54, 1.807) is 0 Å². The van der Waals surface area contributed by atoms with Gasteiger partial charge in [-0.15, -0.1) is 0 Å². The summed E-state index contributed by atoms with van der Waals surface area (Å²) in [7, 11) is 0. The van der Waals surface area contributed by atoms with Crippen molar-refractivity contribution in [2.75, 3.05) is 0 Å². The second-order valence-electron chi connectivity index (χ2n) is 2.15. The SMILES string of the molecule is C1=CC(=[Se]2C=CC=C2)C=C1. The van der Waals surface area contributed by atoms with Crippen LogP contribution in [0, 0.1) is 0 Å². The number of allylic oxidation sites excluding steroid dienone is 6. The minimum absolute atomic E-state index is 0.623. The Morgan fingerprint density at radius 2 is 1.40 bits per heavy atom. The molecule has 2 aliphatic rings. The van der Waals surface area contributed by atoms with E-state index >= 15 is 0 Å². The van der Waals surface area contributed by atoms with E-state index in [1.165, 1.54) is 4.42 Å². The van der Waals surface area contributed by atoms with Crippen LogP contribution >= 0.6 is 0 Å². The Morgan fingerprint density at radius 3 is 2.00 bits per heavy atom. The summed E-state index contributed by atoms with van der Waals surface area (Å²) in [6.45, 7) is 0. The molecule has 0 nitrogen and oxygen atoms in total. The van der Waals surface area contributed by atoms with Gasteiger partial charge in [-0.05, 0) is 0 Å². The third-order valence-electron chi connectivity index (χ3n) is 1.47. The van der Waals surface area contributed by atoms with Gasteiger partial charge in [0, 0.05) is 0 Å². The van der Waals surface area contributed by atoms with Crippen molar-refractivity contribution in [3.63, 3.8) is 0 Å². The molecule has 50 valence electrons. The molecule has 0 bridgehead atoms. The van der Waals surface area contributed by atoms with Crippen LogP contribution in [-0.2, 0) is 0 Å². The molecule has 1 heteroatoms. The summed E-state index contributed by atoms with van der Waals surface area (Å²) < 4.78 is 1.52. The van der Waals surface area contributed by atoms with Crippen LogP contribution in [0.5, 0.6) is 0 Å². The average molecular weight is 195 g/mol. The summed E-state index contributed by atoms with van der Waals surface area (Å²) in [4.78, 5) is 4.66. The molecule has 0 saturated heterocycles. The van der Waals surface area contributed by atoms with Crippen molar-refractivity contribution in [3.05, 3.63) is 46.4 Å². The molecule has 1 aliphatic carbocycles. The van der Waals surface area contributed by atoms with Crippen LogP contribution < -0.4 is 0 Å². The van der Waals surface area contributed by atoms with Gasteiger partial charge in [-0.2, -0.15) is 0 Å². The van der Waals surface area contributed by atoms with Crippen molar-refractivity contribution in [2.24, 2.45) is 0 Å². The maximum atomic E-state index is 2.33. The fraction of sp³-hybridized carbons (Fsp3) is 0. The van der Waals surface area contributed by atoms with E-state index in [2.05, 4.69) is 46.4 Å². The van der Waals surface area contributed by atoms with E-state index in [-0.39, 0.29) is 0 Å². The van der Waals surface area contributed by atoms with Crippen LogP contribution in [0.2, 0.25) is 0 Å². The van der Waals surface area contributed by atoms with Gasteiger partial charge < -0.3 is 0 Å². The Morgan fingerprint density at radius 1 is 0.800 bits per heavy atom. The maximum absolute atomic E-state index is 2.33. The van der Waals surface area contributed by atoms with E-state index in [4.69, 9.17) is 0 Å². The first kappa shape index (κ1) is 6.09. The van der Waals surface area contributed by atoms with Crippen LogP contribution in [0.1, 0.15) is 0 Å². The molecule has 1 aliphatic heterocycles. The van der Waals surface area contributed by atoms with Gasteiger partial charge >= 0.3 is 64.3 Å². The molecule has 0 spiro atoms. The van der Waals surface area contributed by atoms with Crippen molar-refractivity contribution in [1.29, 1.82) is 0 Å². The third kappa shape index (κ3) is 0.984. The zero-order valence-corrected chi connectivity index (χ0v) is 7.24. The first-order valence-electron chi connectivity index (χ1n) is 3.25. The van der Waals surface area contributed by atoms with Crippen LogP contribution in [0.4, 0.5) is 0 Å². The molecule has 0 saturated carbocycles. The molecule has 0 aromatic carbocycles. The Hall–Kier alpha value is -0.651. The molecule has 0 amide bonds. The Labute approximate surface area is 64.7 Å². The van der Waals surface area contributed by atoms with E-state index in [9.17, 15) is 0 Å². The van der Waals surface area contributed by atoms with Gasteiger partial charge in [0.1, 0.15) is 0 Å². The van der Waals surface area contributed by atoms with Crippen molar-refractivity contribution < 1.29 is 0 Å².